The molecule has 0 bridgehead atoms. The van der Waals surface area contributed by atoms with Crippen LogP contribution < -0.4 is 0 Å². The molecule has 4 heteroatoms. The van der Waals surface area contributed by atoms with Gasteiger partial charge in [-0.25, -0.2) is 0 Å². The third kappa shape index (κ3) is 2.77. The van der Waals surface area contributed by atoms with Crippen molar-refractivity contribution in [1.29, 1.82) is 0 Å². The standard InChI is InChI=1S/C15H24N2O2/c1-16(9-11-6-7-11)15(19)12-8-14(18)17(10-12)13-4-2-3-5-13/h11-13H,2-10H2,1H3/t12-/m0/s1. The second-order valence-electron chi connectivity index (χ2n) is 6.55. The highest BCUT2D eigenvalue weighted by Crippen LogP contribution is 2.32. The predicted octanol–water partition coefficient (Wildman–Crippen LogP) is 1.65. The Morgan fingerprint density at radius 3 is 2.58 bits per heavy atom. The SMILES string of the molecule is CN(CC1CC1)C(=O)[C@H]1CC(=O)N(C2CCCC2)C1. The maximum Gasteiger partial charge on any atom is 0.227 e. The molecule has 106 valence electrons. The zero-order chi connectivity index (χ0) is 13.4. The summed E-state index contributed by atoms with van der Waals surface area (Å²) in [5, 5.41) is 0. The molecule has 0 spiro atoms. The molecule has 3 fully saturated rings. The second-order valence-corrected chi connectivity index (χ2v) is 6.55. The van der Waals surface area contributed by atoms with Crippen LogP contribution >= 0.6 is 0 Å². The van der Waals surface area contributed by atoms with Gasteiger partial charge in [-0.15, -0.1) is 0 Å². The van der Waals surface area contributed by atoms with Gasteiger partial charge in [-0.2, -0.15) is 0 Å². The van der Waals surface area contributed by atoms with Crippen LogP contribution in [-0.2, 0) is 9.59 Å². The van der Waals surface area contributed by atoms with E-state index in [9.17, 15) is 9.59 Å². The molecule has 0 radical (unpaired) electrons. The molecule has 3 rings (SSSR count). The van der Waals surface area contributed by atoms with Crippen molar-refractivity contribution < 1.29 is 9.59 Å². The van der Waals surface area contributed by atoms with Crippen LogP contribution in [0.5, 0.6) is 0 Å². The fraction of sp³-hybridized carbons (Fsp3) is 0.867. The minimum Gasteiger partial charge on any atom is -0.345 e. The fourth-order valence-corrected chi connectivity index (χ4v) is 3.56. The van der Waals surface area contributed by atoms with Crippen molar-refractivity contribution in [3.05, 3.63) is 0 Å². The molecule has 0 aromatic carbocycles. The quantitative estimate of drug-likeness (QED) is 0.774. The number of hydrogen-bond donors (Lipinski definition) is 0. The van der Waals surface area contributed by atoms with Crippen molar-refractivity contribution in [3.8, 4) is 0 Å². The van der Waals surface area contributed by atoms with Crippen LogP contribution in [0.25, 0.3) is 0 Å². The van der Waals surface area contributed by atoms with Crippen molar-refractivity contribution in [2.24, 2.45) is 11.8 Å². The van der Waals surface area contributed by atoms with Crippen LogP contribution in [0.3, 0.4) is 0 Å². The molecule has 1 atom stereocenters. The lowest BCUT2D eigenvalue weighted by Crippen LogP contribution is -2.38. The molecule has 2 aliphatic carbocycles. The molecule has 2 amide bonds. The number of amides is 2. The van der Waals surface area contributed by atoms with Crippen molar-refractivity contribution in [2.75, 3.05) is 20.1 Å². The van der Waals surface area contributed by atoms with Crippen LogP contribution in [0.2, 0.25) is 0 Å². The Morgan fingerprint density at radius 2 is 1.95 bits per heavy atom. The summed E-state index contributed by atoms with van der Waals surface area (Å²) in [6.07, 6.45) is 7.67. The zero-order valence-electron chi connectivity index (χ0n) is 11.8. The molecule has 3 aliphatic rings. The van der Waals surface area contributed by atoms with Crippen LogP contribution in [0.4, 0.5) is 0 Å². The number of hydrogen-bond acceptors (Lipinski definition) is 2. The Labute approximate surface area is 115 Å². The van der Waals surface area contributed by atoms with Gasteiger partial charge in [0.25, 0.3) is 0 Å². The lowest BCUT2D eigenvalue weighted by Gasteiger charge is -2.25. The van der Waals surface area contributed by atoms with Gasteiger partial charge in [0.05, 0.1) is 5.92 Å². The first-order chi connectivity index (χ1) is 9.15. The molecular weight excluding hydrogens is 240 g/mol. The fourth-order valence-electron chi connectivity index (χ4n) is 3.56. The van der Waals surface area contributed by atoms with Gasteiger partial charge in [-0.3, -0.25) is 9.59 Å². The first kappa shape index (κ1) is 12.9. The minimum absolute atomic E-state index is 0.0863. The van der Waals surface area contributed by atoms with E-state index in [2.05, 4.69) is 0 Å². The molecular formula is C15H24N2O2. The third-order valence-electron chi connectivity index (χ3n) is 4.88. The molecule has 2 saturated carbocycles. The van der Waals surface area contributed by atoms with Gasteiger partial charge in [-0.05, 0) is 31.6 Å². The summed E-state index contributed by atoms with van der Waals surface area (Å²) in [7, 11) is 1.89. The monoisotopic (exact) mass is 264 g/mol. The van der Waals surface area contributed by atoms with Crippen LogP contribution in [0, 0.1) is 11.8 Å². The van der Waals surface area contributed by atoms with Crippen LogP contribution in [0.15, 0.2) is 0 Å². The molecule has 0 unspecified atom stereocenters. The summed E-state index contributed by atoms with van der Waals surface area (Å²) in [6, 6.07) is 0.416. The first-order valence-electron chi connectivity index (χ1n) is 7.69. The van der Waals surface area contributed by atoms with Crippen molar-refractivity contribution >= 4 is 11.8 Å². The Morgan fingerprint density at radius 1 is 1.26 bits per heavy atom. The highest BCUT2D eigenvalue weighted by Gasteiger charge is 2.40. The highest BCUT2D eigenvalue weighted by molar-refractivity contribution is 5.89. The topological polar surface area (TPSA) is 40.6 Å². The molecule has 19 heavy (non-hydrogen) atoms. The summed E-state index contributed by atoms with van der Waals surface area (Å²) < 4.78 is 0. The van der Waals surface area contributed by atoms with E-state index < -0.39 is 0 Å². The first-order valence-corrected chi connectivity index (χ1v) is 7.69. The van der Waals surface area contributed by atoms with E-state index in [0.717, 1.165) is 25.3 Å². The van der Waals surface area contributed by atoms with E-state index in [-0.39, 0.29) is 17.7 Å². The van der Waals surface area contributed by atoms with Crippen molar-refractivity contribution in [2.45, 2.75) is 51.0 Å². The number of carbonyl (C=O) groups excluding carboxylic acids is 2. The molecule has 1 heterocycles. The van der Waals surface area contributed by atoms with E-state index >= 15 is 0 Å². The highest BCUT2D eigenvalue weighted by atomic mass is 16.2. The van der Waals surface area contributed by atoms with Gasteiger partial charge in [-0.1, -0.05) is 12.8 Å². The van der Waals surface area contributed by atoms with Gasteiger partial charge in [0.1, 0.15) is 0 Å². The van der Waals surface area contributed by atoms with Gasteiger partial charge in [0, 0.05) is 32.6 Å². The molecule has 1 aliphatic heterocycles. The van der Waals surface area contributed by atoms with E-state index in [0.29, 0.717) is 19.0 Å². The van der Waals surface area contributed by atoms with Gasteiger partial charge in [0.2, 0.25) is 11.8 Å². The summed E-state index contributed by atoms with van der Waals surface area (Å²) in [6.45, 7) is 1.55. The Bertz CT molecular complexity index is 372. The van der Waals surface area contributed by atoms with Crippen LogP contribution in [-0.4, -0.2) is 47.8 Å². The van der Waals surface area contributed by atoms with E-state index in [4.69, 9.17) is 0 Å². The van der Waals surface area contributed by atoms with E-state index in [1.165, 1.54) is 25.7 Å². The minimum atomic E-state index is -0.0863. The average molecular weight is 264 g/mol. The number of nitrogens with zero attached hydrogens (tertiary/aromatic N) is 2. The smallest absolute Gasteiger partial charge is 0.227 e. The number of likely N-dealkylation sites (tertiary alicyclic amines) is 1. The van der Waals surface area contributed by atoms with E-state index in [1.54, 1.807) is 0 Å². The summed E-state index contributed by atoms with van der Waals surface area (Å²) in [5.41, 5.74) is 0. The second kappa shape index (κ2) is 5.14. The zero-order valence-corrected chi connectivity index (χ0v) is 11.8. The molecule has 0 N–H and O–H groups in total. The van der Waals surface area contributed by atoms with Gasteiger partial charge >= 0.3 is 0 Å². The lowest BCUT2D eigenvalue weighted by atomic mass is 10.1. The van der Waals surface area contributed by atoms with E-state index in [1.807, 2.05) is 16.8 Å². The third-order valence-corrected chi connectivity index (χ3v) is 4.88. The lowest BCUT2D eigenvalue weighted by molar-refractivity contribution is -0.134. The Kier molecular flexibility index (Phi) is 3.50. The van der Waals surface area contributed by atoms with Crippen molar-refractivity contribution in [1.82, 2.24) is 9.80 Å². The predicted molar refractivity (Wildman–Crippen MR) is 72.4 cm³/mol. The summed E-state index contributed by atoms with van der Waals surface area (Å²) >= 11 is 0. The average Bonchev–Trinajstić information content (AvgIpc) is 2.91. The van der Waals surface area contributed by atoms with Crippen LogP contribution in [0.1, 0.15) is 44.9 Å². The Hall–Kier alpha value is -1.06. The van der Waals surface area contributed by atoms with Crippen molar-refractivity contribution in [3.63, 3.8) is 0 Å². The maximum absolute atomic E-state index is 12.4. The van der Waals surface area contributed by atoms with Gasteiger partial charge < -0.3 is 9.80 Å². The normalized spacial score (nSPS) is 28.2. The molecule has 0 aromatic rings. The summed E-state index contributed by atoms with van der Waals surface area (Å²) in [5.74, 6) is 1.01. The molecule has 4 nitrogen and oxygen atoms in total. The molecule has 1 saturated heterocycles. The van der Waals surface area contributed by atoms with Gasteiger partial charge in [0.15, 0.2) is 0 Å². The number of carbonyl (C=O) groups is 2. The molecule has 0 aromatic heterocycles. The Balaban J connectivity index is 1.56. The summed E-state index contributed by atoms with van der Waals surface area (Å²) in [4.78, 5) is 28.3. The largest absolute Gasteiger partial charge is 0.345 e. The number of rotatable bonds is 4. The maximum atomic E-state index is 12.4.